The van der Waals surface area contributed by atoms with Gasteiger partial charge in [0.1, 0.15) is 11.6 Å². The van der Waals surface area contributed by atoms with Gasteiger partial charge in [0, 0.05) is 36.7 Å². The second kappa shape index (κ2) is 5.95. The van der Waals surface area contributed by atoms with Crippen molar-refractivity contribution in [3.05, 3.63) is 35.6 Å². The summed E-state index contributed by atoms with van der Waals surface area (Å²) in [4.78, 5) is 4.44. The summed E-state index contributed by atoms with van der Waals surface area (Å²) in [5.41, 5.74) is 7.48. The molecule has 4 nitrogen and oxygen atoms in total. The van der Waals surface area contributed by atoms with Gasteiger partial charge in [0.25, 0.3) is 0 Å². The minimum absolute atomic E-state index is 0.146. The third-order valence-electron chi connectivity index (χ3n) is 2.90. The predicted octanol–water partition coefficient (Wildman–Crippen LogP) is 2.45. The molecule has 0 amide bonds. The molecule has 3 N–H and O–H groups in total. The molecule has 0 radical (unpaired) electrons. The number of methoxy groups -OCH3 is 1. The number of nitrogens with two attached hydrogens (primary N) is 1. The number of hydrogen-bond acceptors (Lipinski definition) is 4. The zero-order valence-electron chi connectivity index (χ0n) is 11.1. The first-order valence-corrected chi connectivity index (χ1v) is 6.20. The maximum atomic E-state index is 13.2. The van der Waals surface area contributed by atoms with Gasteiger partial charge in [0.2, 0.25) is 0 Å². The average Bonchev–Trinajstić information content (AvgIpc) is 2.37. The minimum Gasteiger partial charge on any atom is -0.383 e. The van der Waals surface area contributed by atoms with E-state index in [2.05, 4.69) is 10.3 Å². The van der Waals surface area contributed by atoms with Gasteiger partial charge in [-0.1, -0.05) is 0 Å². The van der Waals surface area contributed by atoms with Gasteiger partial charge in [0.05, 0.1) is 12.1 Å². The van der Waals surface area contributed by atoms with Gasteiger partial charge >= 0.3 is 0 Å². The maximum absolute atomic E-state index is 13.2. The average molecular weight is 263 g/mol. The summed E-state index contributed by atoms with van der Waals surface area (Å²) in [5.74, 6) is 0.390. The van der Waals surface area contributed by atoms with Gasteiger partial charge in [-0.3, -0.25) is 0 Å². The van der Waals surface area contributed by atoms with Crippen LogP contribution in [0.5, 0.6) is 0 Å². The summed E-state index contributed by atoms with van der Waals surface area (Å²) in [6.45, 7) is 3.10. The van der Waals surface area contributed by atoms with Crippen LogP contribution in [-0.4, -0.2) is 25.2 Å². The lowest BCUT2D eigenvalue weighted by atomic mass is 10.1. The van der Waals surface area contributed by atoms with Crippen LogP contribution in [0.25, 0.3) is 10.9 Å². The lowest BCUT2D eigenvalue weighted by Crippen LogP contribution is -2.14. The molecule has 102 valence electrons. The molecule has 0 spiro atoms. The van der Waals surface area contributed by atoms with E-state index in [-0.39, 0.29) is 11.9 Å². The van der Waals surface area contributed by atoms with Crippen molar-refractivity contribution >= 4 is 16.7 Å². The molecule has 0 aliphatic heterocycles. The van der Waals surface area contributed by atoms with E-state index in [1.54, 1.807) is 13.2 Å². The Labute approximate surface area is 111 Å². The second-order valence-corrected chi connectivity index (χ2v) is 4.47. The largest absolute Gasteiger partial charge is 0.383 e. The first-order valence-electron chi connectivity index (χ1n) is 6.20. The minimum atomic E-state index is -0.295. The van der Waals surface area contributed by atoms with E-state index in [0.717, 1.165) is 10.9 Å². The Balaban J connectivity index is 2.42. The number of fused-ring (bicyclic) bond motifs is 1. The number of nitrogens with one attached hydrogen (secondary N) is 1. The first kappa shape index (κ1) is 13.7. The molecule has 5 heteroatoms. The summed E-state index contributed by atoms with van der Waals surface area (Å²) in [5, 5.41) is 4.05. The van der Waals surface area contributed by atoms with E-state index in [0.29, 0.717) is 24.5 Å². The lowest BCUT2D eigenvalue weighted by molar-refractivity contribution is 0.210. The predicted molar refractivity (Wildman–Crippen MR) is 74.7 cm³/mol. The van der Waals surface area contributed by atoms with Crippen LogP contribution >= 0.6 is 0 Å². The normalized spacial score (nSPS) is 12.6. The van der Waals surface area contributed by atoms with Crippen LogP contribution in [-0.2, 0) is 4.74 Å². The van der Waals surface area contributed by atoms with Crippen LogP contribution in [0.3, 0.4) is 0 Å². The van der Waals surface area contributed by atoms with E-state index in [1.807, 2.05) is 13.0 Å². The van der Waals surface area contributed by atoms with Crippen LogP contribution in [0.2, 0.25) is 0 Å². The molecular weight excluding hydrogens is 245 g/mol. The van der Waals surface area contributed by atoms with Crippen LogP contribution in [0.1, 0.15) is 18.5 Å². The highest BCUT2D eigenvalue weighted by Gasteiger charge is 2.10. The standard InChI is InChI=1S/C14H18FN3O/c1-9(16)12-7-10-3-4-11(15)8-13(10)18-14(12)17-5-6-19-2/h3-4,7-9H,5-6,16H2,1-2H3,(H,17,18)/t9-/m0/s1. The van der Waals surface area contributed by atoms with Crippen molar-refractivity contribution in [1.29, 1.82) is 0 Å². The highest BCUT2D eigenvalue weighted by Crippen LogP contribution is 2.25. The number of aromatic nitrogens is 1. The quantitative estimate of drug-likeness (QED) is 0.813. The lowest BCUT2D eigenvalue weighted by Gasteiger charge is -2.15. The van der Waals surface area contributed by atoms with Gasteiger partial charge in [-0.25, -0.2) is 9.37 Å². The molecule has 1 aromatic carbocycles. The zero-order chi connectivity index (χ0) is 13.8. The fraction of sp³-hybridized carbons (Fsp3) is 0.357. The van der Waals surface area contributed by atoms with Gasteiger partial charge in [0.15, 0.2) is 0 Å². The second-order valence-electron chi connectivity index (χ2n) is 4.47. The molecule has 0 bridgehead atoms. The van der Waals surface area contributed by atoms with Gasteiger partial charge in [-0.2, -0.15) is 0 Å². The molecule has 2 rings (SSSR count). The van der Waals surface area contributed by atoms with Crippen molar-refractivity contribution < 1.29 is 9.13 Å². The molecule has 1 aromatic heterocycles. The fourth-order valence-corrected chi connectivity index (χ4v) is 1.92. The van der Waals surface area contributed by atoms with E-state index in [4.69, 9.17) is 10.5 Å². The van der Waals surface area contributed by atoms with Crippen LogP contribution < -0.4 is 11.1 Å². The highest BCUT2D eigenvalue weighted by molar-refractivity contribution is 5.82. The van der Waals surface area contributed by atoms with Gasteiger partial charge in [-0.15, -0.1) is 0 Å². The molecule has 19 heavy (non-hydrogen) atoms. The van der Waals surface area contributed by atoms with Crippen LogP contribution in [0.15, 0.2) is 24.3 Å². The molecule has 2 aromatic rings. The van der Waals surface area contributed by atoms with E-state index in [1.165, 1.54) is 12.1 Å². The SMILES string of the molecule is COCCNc1nc2cc(F)ccc2cc1[C@H](C)N. The Kier molecular flexibility index (Phi) is 4.29. The Morgan fingerprint density at radius 2 is 2.21 bits per heavy atom. The first-order chi connectivity index (χ1) is 9.11. The number of pyridine rings is 1. The van der Waals surface area contributed by atoms with Gasteiger partial charge in [-0.05, 0) is 25.1 Å². The van der Waals surface area contributed by atoms with Crippen molar-refractivity contribution in [3.8, 4) is 0 Å². The summed E-state index contributed by atoms with van der Waals surface area (Å²) >= 11 is 0. The molecule has 0 fully saturated rings. The van der Waals surface area contributed by atoms with E-state index < -0.39 is 0 Å². The summed E-state index contributed by atoms with van der Waals surface area (Å²) in [6.07, 6.45) is 0. The van der Waals surface area contributed by atoms with E-state index in [9.17, 15) is 4.39 Å². The van der Waals surface area contributed by atoms with Gasteiger partial charge < -0.3 is 15.8 Å². The molecule has 0 unspecified atom stereocenters. The summed E-state index contributed by atoms with van der Waals surface area (Å²) in [6, 6.07) is 6.35. The zero-order valence-corrected chi connectivity index (χ0v) is 11.1. The summed E-state index contributed by atoms with van der Waals surface area (Å²) < 4.78 is 18.2. The Hall–Kier alpha value is -1.72. The van der Waals surface area contributed by atoms with Crippen molar-refractivity contribution in [1.82, 2.24) is 4.98 Å². The molecule has 0 saturated carbocycles. The number of nitrogens with zero attached hydrogens (tertiary/aromatic N) is 1. The number of halogens is 1. The number of rotatable bonds is 5. The van der Waals surface area contributed by atoms with Crippen molar-refractivity contribution in [2.45, 2.75) is 13.0 Å². The number of hydrogen-bond donors (Lipinski definition) is 2. The third-order valence-corrected chi connectivity index (χ3v) is 2.90. The van der Waals surface area contributed by atoms with Crippen molar-refractivity contribution in [3.63, 3.8) is 0 Å². The molecule has 1 heterocycles. The fourth-order valence-electron chi connectivity index (χ4n) is 1.92. The van der Waals surface area contributed by atoms with E-state index >= 15 is 0 Å². The third kappa shape index (κ3) is 3.19. The maximum Gasteiger partial charge on any atom is 0.131 e. The number of benzene rings is 1. The number of ether oxygens (including phenoxy) is 1. The smallest absolute Gasteiger partial charge is 0.131 e. The van der Waals surface area contributed by atoms with Crippen LogP contribution in [0, 0.1) is 5.82 Å². The highest BCUT2D eigenvalue weighted by atomic mass is 19.1. The Morgan fingerprint density at radius 1 is 1.42 bits per heavy atom. The van der Waals surface area contributed by atoms with Crippen molar-refractivity contribution in [2.24, 2.45) is 5.73 Å². The molecular formula is C14H18FN3O. The number of anilines is 1. The monoisotopic (exact) mass is 263 g/mol. The topological polar surface area (TPSA) is 60.2 Å². The molecule has 1 atom stereocenters. The van der Waals surface area contributed by atoms with Crippen molar-refractivity contribution in [2.75, 3.05) is 25.6 Å². The Morgan fingerprint density at radius 3 is 2.89 bits per heavy atom. The molecule has 0 aliphatic carbocycles. The molecule has 0 aliphatic rings. The molecule has 0 saturated heterocycles. The Bertz CT molecular complexity index is 572. The summed E-state index contributed by atoms with van der Waals surface area (Å²) in [7, 11) is 1.64. The van der Waals surface area contributed by atoms with Crippen LogP contribution in [0.4, 0.5) is 10.2 Å².